The van der Waals surface area contributed by atoms with E-state index in [4.69, 9.17) is 0 Å². The first-order valence-electron chi connectivity index (χ1n) is 12.7. The Morgan fingerprint density at radius 2 is 1.79 bits per heavy atom. The lowest BCUT2D eigenvalue weighted by Gasteiger charge is -2.32. The van der Waals surface area contributed by atoms with Gasteiger partial charge in [0.25, 0.3) is 10.0 Å². The zero-order valence-electron chi connectivity index (χ0n) is 22.0. The van der Waals surface area contributed by atoms with Crippen molar-refractivity contribution in [3.05, 3.63) is 100 Å². The van der Waals surface area contributed by atoms with Gasteiger partial charge < -0.3 is 4.57 Å². The minimum absolute atomic E-state index is 0.0359. The summed E-state index contributed by atoms with van der Waals surface area (Å²) in [7, 11) is -0.464. The summed E-state index contributed by atoms with van der Waals surface area (Å²) >= 11 is 0. The Morgan fingerprint density at radius 3 is 2.51 bits per heavy atom. The molecule has 2 aromatic carbocycles. The molecular formula is C28H29N7O3S. The van der Waals surface area contributed by atoms with Crippen molar-refractivity contribution in [3.8, 4) is 5.69 Å². The second-order valence-corrected chi connectivity index (χ2v) is 12.2. The van der Waals surface area contributed by atoms with E-state index in [0.29, 0.717) is 25.9 Å². The van der Waals surface area contributed by atoms with Gasteiger partial charge in [-0.25, -0.2) is 13.1 Å². The Balaban J connectivity index is 1.45. The summed E-state index contributed by atoms with van der Waals surface area (Å²) in [5.41, 5.74) is 4.51. The number of benzene rings is 2. The quantitative estimate of drug-likeness (QED) is 0.326. The van der Waals surface area contributed by atoms with Crippen LogP contribution in [0, 0.1) is 6.92 Å². The van der Waals surface area contributed by atoms with E-state index in [1.54, 1.807) is 26.4 Å². The lowest BCUT2D eigenvalue weighted by atomic mass is 9.73. The zero-order chi connectivity index (χ0) is 27.4. The predicted octanol–water partition coefficient (Wildman–Crippen LogP) is 2.74. The zero-order valence-corrected chi connectivity index (χ0v) is 22.8. The molecule has 1 saturated heterocycles. The summed E-state index contributed by atoms with van der Waals surface area (Å²) in [5, 5.41) is 13.6. The van der Waals surface area contributed by atoms with Gasteiger partial charge >= 0.3 is 0 Å². The molecule has 0 radical (unpaired) electrons. The molecule has 0 amide bonds. The van der Waals surface area contributed by atoms with Gasteiger partial charge in [-0.3, -0.25) is 4.79 Å². The highest BCUT2D eigenvalue weighted by atomic mass is 32.2. The molecule has 0 bridgehead atoms. The molecule has 4 heterocycles. The smallest absolute Gasteiger partial charge is 0.264 e. The fraction of sp³-hybridized carbons (Fsp3) is 0.286. The first kappa shape index (κ1) is 25.2. The van der Waals surface area contributed by atoms with Crippen LogP contribution in [0.2, 0.25) is 0 Å². The molecule has 1 aliphatic rings. The maximum absolute atomic E-state index is 13.5. The third-order valence-corrected chi connectivity index (χ3v) is 9.39. The number of hydrogen-bond donors (Lipinski definition) is 0. The Kier molecular flexibility index (Phi) is 6.00. The van der Waals surface area contributed by atoms with Crippen LogP contribution in [0.25, 0.3) is 16.6 Å². The highest BCUT2D eigenvalue weighted by Crippen LogP contribution is 2.42. The Bertz CT molecular complexity index is 1860. The second kappa shape index (κ2) is 9.28. The van der Waals surface area contributed by atoms with Gasteiger partial charge in [0.2, 0.25) is 10.6 Å². The van der Waals surface area contributed by atoms with Crippen molar-refractivity contribution in [2.24, 2.45) is 14.1 Å². The molecule has 5 aromatic rings. The first-order chi connectivity index (χ1) is 18.7. The van der Waals surface area contributed by atoms with Crippen molar-refractivity contribution in [1.29, 1.82) is 0 Å². The van der Waals surface area contributed by atoms with Crippen LogP contribution < -0.4 is 5.56 Å². The second-order valence-electron chi connectivity index (χ2n) is 10.3. The third-order valence-electron chi connectivity index (χ3n) is 7.69. The van der Waals surface area contributed by atoms with Crippen molar-refractivity contribution in [1.82, 2.24) is 33.6 Å². The van der Waals surface area contributed by atoms with Crippen molar-refractivity contribution in [3.63, 3.8) is 0 Å². The molecule has 11 heteroatoms. The lowest BCUT2D eigenvalue weighted by molar-refractivity contribution is 0.412. The van der Waals surface area contributed by atoms with Gasteiger partial charge in [-0.1, -0.05) is 30.3 Å². The molecule has 3 aromatic heterocycles. The fourth-order valence-corrected chi connectivity index (χ4v) is 7.14. The van der Waals surface area contributed by atoms with Crippen LogP contribution in [0.4, 0.5) is 0 Å². The average Bonchev–Trinajstić information content (AvgIpc) is 3.65. The van der Waals surface area contributed by atoms with Gasteiger partial charge in [-0.2, -0.15) is 19.3 Å². The van der Waals surface area contributed by atoms with Gasteiger partial charge in [-0.05, 0) is 54.7 Å². The molecule has 1 unspecified atom stereocenters. The molecule has 39 heavy (non-hydrogen) atoms. The van der Waals surface area contributed by atoms with Crippen molar-refractivity contribution in [2.45, 2.75) is 30.2 Å². The summed E-state index contributed by atoms with van der Waals surface area (Å²) in [5.74, 6) is 0. The Hall–Kier alpha value is -4.09. The molecule has 10 nitrogen and oxygen atoms in total. The maximum atomic E-state index is 13.5. The van der Waals surface area contributed by atoms with Crippen molar-refractivity contribution < 1.29 is 8.42 Å². The Morgan fingerprint density at radius 1 is 1.00 bits per heavy atom. The van der Waals surface area contributed by atoms with Crippen LogP contribution in [-0.4, -0.2) is 55.2 Å². The number of sulfonamides is 1. The number of hydrogen-bond acceptors (Lipinski definition) is 6. The molecule has 1 aliphatic heterocycles. The van der Waals surface area contributed by atoms with E-state index in [1.807, 2.05) is 29.1 Å². The van der Waals surface area contributed by atoms with Crippen molar-refractivity contribution >= 4 is 20.9 Å². The topological polar surface area (TPSA) is 108 Å². The van der Waals surface area contributed by atoms with Gasteiger partial charge in [0.1, 0.15) is 0 Å². The van der Waals surface area contributed by atoms with E-state index in [1.165, 1.54) is 25.9 Å². The minimum atomic E-state index is -3.79. The van der Waals surface area contributed by atoms with Gasteiger partial charge in [0.05, 0.1) is 23.6 Å². The maximum Gasteiger partial charge on any atom is 0.264 e. The van der Waals surface area contributed by atoms with Crippen LogP contribution in [0.5, 0.6) is 0 Å². The van der Waals surface area contributed by atoms with E-state index >= 15 is 0 Å². The number of aryl methyl sites for hydroxylation is 3. The number of fused-ring (bicyclic) bond motifs is 1. The summed E-state index contributed by atoms with van der Waals surface area (Å²) in [6, 6.07) is 17.7. The molecule has 0 aliphatic carbocycles. The number of aromatic nitrogens is 6. The molecule has 200 valence electrons. The predicted molar refractivity (Wildman–Crippen MR) is 147 cm³/mol. The molecule has 1 fully saturated rings. The molecule has 0 saturated carbocycles. The van der Waals surface area contributed by atoms with Crippen LogP contribution in [0.3, 0.4) is 0 Å². The summed E-state index contributed by atoms with van der Waals surface area (Å²) in [4.78, 5) is 13.2. The fourth-order valence-electron chi connectivity index (χ4n) is 5.72. The van der Waals surface area contributed by atoms with Crippen LogP contribution >= 0.6 is 0 Å². The first-order valence-corrected chi connectivity index (χ1v) is 14.2. The van der Waals surface area contributed by atoms with Crippen molar-refractivity contribution in [2.75, 3.05) is 13.1 Å². The molecule has 1 atom stereocenters. The standard InChI is InChI=1S/C28H29N7O3S/c1-20-13-25-22(16-30-35(25)23-9-10-27(36)32(2)18-23)14-24(20)28(15-21-7-5-4-6-8-21)11-12-34(19-28)39(37,38)26-17-29-33(3)31-26/h4-10,13-14,16-18H,11-12,15,19H2,1-3H3. The monoisotopic (exact) mass is 543 g/mol. The van der Waals surface area contributed by atoms with E-state index in [2.05, 4.69) is 46.5 Å². The van der Waals surface area contributed by atoms with E-state index in [9.17, 15) is 13.2 Å². The van der Waals surface area contributed by atoms with Crippen LogP contribution in [0.1, 0.15) is 23.1 Å². The summed E-state index contributed by atoms with van der Waals surface area (Å²) < 4.78 is 31.9. The number of nitrogens with zero attached hydrogens (tertiary/aromatic N) is 7. The Labute approximate surface area is 226 Å². The SMILES string of the molecule is Cc1cc2c(cnn2-c2ccc(=O)n(C)c2)cc1C1(Cc2ccccc2)CCN(S(=O)(=O)c2cnn(C)n2)C1. The third kappa shape index (κ3) is 4.37. The number of rotatable bonds is 6. The largest absolute Gasteiger partial charge is 0.316 e. The average molecular weight is 544 g/mol. The molecule has 0 spiro atoms. The molecule has 6 rings (SSSR count). The molecule has 0 N–H and O–H groups in total. The van der Waals surface area contributed by atoms with E-state index in [-0.39, 0.29) is 10.6 Å². The summed E-state index contributed by atoms with van der Waals surface area (Å²) in [6.45, 7) is 2.79. The van der Waals surface area contributed by atoms with Crippen LogP contribution in [-0.2, 0) is 36.0 Å². The number of pyridine rings is 1. The van der Waals surface area contributed by atoms with E-state index in [0.717, 1.165) is 33.3 Å². The normalized spacial score (nSPS) is 18.2. The lowest BCUT2D eigenvalue weighted by Crippen LogP contribution is -2.36. The highest BCUT2D eigenvalue weighted by molar-refractivity contribution is 7.89. The minimum Gasteiger partial charge on any atom is -0.316 e. The highest BCUT2D eigenvalue weighted by Gasteiger charge is 2.45. The van der Waals surface area contributed by atoms with Gasteiger partial charge in [0, 0.05) is 50.2 Å². The van der Waals surface area contributed by atoms with E-state index < -0.39 is 15.4 Å². The van der Waals surface area contributed by atoms with Crippen LogP contribution in [0.15, 0.2) is 83.0 Å². The van der Waals surface area contributed by atoms with Gasteiger partial charge in [0.15, 0.2) is 0 Å². The molecular weight excluding hydrogens is 514 g/mol. The van der Waals surface area contributed by atoms with Gasteiger partial charge in [-0.15, -0.1) is 5.10 Å². The summed E-state index contributed by atoms with van der Waals surface area (Å²) in [6.07, 6.45) is 6.26.